The lowest BCUT2D eigenvalue weighted by Gasteiger charge is -2.23. The minimum Gasteiger partial charge on any atom is -0.481 e. The van der Waals surface area contributed by atoms with E-state index in [1.165, 1.54) is 0 Å². The average molecular weight is 312 g/mol. The lowest BCUT2D eigenvalue weighted by atomic mass is 9.98. The standard InChI is InChI=1S/C15H24N2O3S/c1-6-12(8-21-5)17-11(4)13(7-9(2)14(18)19)10(3)16-15(17)20/h9,12H,6-8H2,1-5H3,(H,18,19). The Bertz CT molecular complexity index is 569. The fraction of sp³-hybridized carbons (Fsp3) is 0.667. The van der Waals surface area contributed by atoms with Gasteiger partial charge in [0.15, 0.2) is 0 Å². The average Bonchev–Trinajstić information content (AvgIpc) is 2.41. The van der Waals surface area contributed by atoms with Gasteiger partial charge in [-0.25, -0.2) is 4.79 Å². The van der Waals surface area contributed by atoms with Crippen LogP contribution in [-0.2, 0) is 11.2 Å². The summed E-state index contributed by atoms with van der Waals surface area (Å²) >= 11 is 1.69. The number of carboxylic acid groups (broad SMARTS) is 1. The molecule has 0 aliphatic heterocycles. The Labute approximate surface area is 129 Å². The molecule has 0 amide bonds. The summed E-state index contributed by atoms with van der Waals surface area (Å²) < 4.78 is 1.73. The molecule has 1 N–H and O–H groups in total. The van der Waals surface area contributed by atoms with E-state index >= 15 is 0 Å². The summed E-state index contributed by atoms with van der Waals surface area (Å²) in [5, 5.41) is 9.10. The third kappa shape index (κ3) is 4.09. The molecule has 1 rings (SSSR count). The van der Waals surface area contributed by atoms with Gasteiger partial charge in [-0.2, -0.15) is 16.7 Å². The number of nitrogens with zero attached hydrogens (tertiary/aromatic N) is 2. The Morgan fingerprint density at radius 3 is 2.52 bits per heavy atom. The first-order chi connectivity index (χ1) is 9.83. The van der Waals surface area contributed by atoms with Gasteiger partial charge in [-0.15, -0.1) is 0 Å². The van der Waals surface area contributed by atoms with E-state index in [1.807, 2.05) is 20.1 Å². The van der Waals surface area contributed by atoms with Gasteiger partial charge in [0.2, 0.25) is 0 Å². The highest BCUT2D eigenvalue weighted by Gasteiger charge is 2.21. The molecular weight excluding hydrogens is 288 g/mol. The third-order valence-corrected chi connectivity index (χ3v) is 4.55. The van der Waals surface area contributed by atoms with Crippen LogP contribution in [-0.4, -0.2) is 32.6 Å². The first-order valence-electron chi connectivity index (χ1n) is 7.13. The van der Waals surface area contributed by atoms with E-state index < -0.39 is 11.9 Å². The molecule has 0 fully saturated rings. The molecule has 0 saturated heterocycles. The van der Waals surface area contributed by atoms with Crippen molar-refractivity contribution in [2.45, 2.75) is 46.6 Å². The summed E-state index contributed by atoms with van der Waals surface area (Å²) in [5.74, 6) is -0.478. The number of hydrogen-bond acceptors (Lipinski definition) is 4. The van der Waals surface area contributed by atoms with Crippen molar-refractivity contribution in [2.75, 3.05) is 12.0 Å². The van der Waals surface area contributed by atoms with Crippen LogP contribution in [0, 0.1) is 19.8 Å². The van der Waals surface area contributed by atoms with Crippen molar-refractivity contribution in [3.8, 4) is 0 Å². The molecule has 2 atom stereocenters. The van der Waals surface area contributed by atoms with Crippen molar-refractivity contribution in [1.29, 1.82) is 0 Å². The van der Waals surface area contributed by atoms with Crippen LogP contribution < -0.4 is 5.69 Å². The molecule has 6 heteroatoms. The van der Waals surface area contributed by atoms with Gasteiger partial charge in [0, 0.05) is 23.2 Å². The van der Waals surface area contributed by atoms with E-state index in [1.54, 1.807) is 30.2 Å². The second kappa shape index (κ2) is 7.64. The molecule has 0 aliphatic carbocycles. The summed E-state index contributed by atoms with van der Waals surface area (Å²) in [4.78, 5) is 27.4. The van der Waals surface area contributed by atoms with Crippen LogP contribution in [0.4, 0.5) is 0 Å². The predicted molar refractivity (Wildman–Crippen MR) is 86.2 cm³/mol. The van der Waals surface area contributed by atoms with Crippen LogP contribution in [0.15, 0.2) is 4.79 Å². The first-order valence-corrected chi connectivity index (χ1v) is 8.53. The van der Waals surface area contributed by atoms with Gasteiger partial charge in [0.05, 0.1) is 5.92 Å². The van der Waals surface area contributed by atoms with Crippen LogP contribution in [0.3, 0.4) is 0 Å². The van der Waals surface area contributed by atoms with Crippen LogP contribution in [0.5, 0.6) is 0 Å². The van der Waals surface area contributed by atoms with Crippen molar-refractivity contribution in [2.24, 2.45) is 5.92 Å². The van der Waals surface area contributed by atoms with Gasteiger partial charge in [-0.1, -0.05) is 13.8 Å². The maximum Gasteiger partial charge on any atom is 0.348 e. The van der Waals surface area contributed by atoms with Gasteiger partial charge in [-0.3, -0.25) is 9.36 Å². The fourth-order valence-electron chi connectivity index (χ4n) is 2.50. The minimum atomic E-state index is -0.831. The number of hydrogen-bond donors (Lipinski definition) is 1. The Hall–Kier alpha value is -1.30. The van der Waals surface area contributed by atoms with Crippen LogP contribution in [0.2, 0.25) is 0 Å². The topological polar surface area (TPSA) is 72.2 Å². The van der Waals surface area contributed by atoms with Gasteiger partial charge < -0.3 is 5.11 Å². The second-order valence-electron chi connectivity index (χ2n) is 5.37. The maximum atomic E-state index is 12.2. The number of thioether (sulfide) groups is 1. The highest BCUT2D eigenvalue weighted by molar-refractivity contribution is 7.98. The second-order valence-corrected chi connectivity index (χ2v) is 6.29. The van der Waals surface area contributed by atoms with E-state index in [-0.39, 0.29) is 11.7 Å². The van der Waals surface area contributed by atoms with Crippen molar-refractivity contribution in [3.63, 3.8) is 0 Å². The summed E-state index contributed by atoms with van der Waals surface area (Å²) in [5.41, 5.74) is 2.13. The molecule has 0 aromatic carbocycles. The lowest BCUT2D eigenvalue weighted by Crippen LogP contribution is -2.32. The Kier molecular flexibility index (Phi) is 6.45. The summed E-state index contributed by atoms with van der Waals surface area (Å²) in [6.45, 7) is 7.39. The fourth-order valence-corrected chi connectivity index (χ4v) is 3.27. The van der Waals surface area contributed by atoms with Crippen molar-refractivity contribution >= 4 is 17.7 Å². The van der Waals surface area contributed by atoms with E-state index in [4.69, 9.17) is 5.11 Å². The molecule has 21 heavy (non-hydrogen) atoms. The molecule has 1 aromatic rings. The third-order valence-electron chi connectivity index (χ3n) is 3.83. The van der Waals surface area contributed by atoms with Crippen molar-refractivity contribution in [3.05, 3.63) is 27.4 Å². The number of rotatable bonds is 7. The summed E-state index contributed by atoms with van der Waals surface area (Å²) in [7, 11) is 0. The Morgan fingerprint density at radius 2 is 2.05 bits per heavy atom. The molecule has 5 nitrogen and oxygen atoms in total. The number of aliphatic carboxylic acids is 1. The van der Waals surface area contributed by atoms with Gasteiger partial charge in [0.25, 0.3) is 0 Å². The van der Waals surface area contributed by atoms with Gasteiger partial charge in [0.1, 0.15) is 0 Å². The molecular formula is C15H24N2O3S. The quantitative estimate of drug-likeness (QED) is 0.837. The van der Waals surface area contributed by atoms with Crippen LogP contribution in [0.25, 0.3) is 0 Å². The Balaban J connectivity index is 3.34. The zero-order valence-corrected chi connectivity index (χ0v) is 14.2. The zero-order chi connectivity index (χ0) is 16.2. The lowest BCUT2D eigenvalue weighted by molar-refractivity contribution is -0.141. The van der Waals surface area contributed by atoms with Crippen molar-refractivity contribution < 1.29 is 9.90 Å². The normalized spacial score (nSPS) is 14.0. The van der Waals surface area contributed by atoms with E-state index in [0.29, 0.717) is 12.1 Å². The molecule has 1 heterocycles. The van der Waals surface area contributed by atoms with Gasteiger partial charge >= 0.3 is 11.7 Å². The molecule has 0 spiro atoms. The largest absolute Gasteiger partial charge is 0.481 e. The van der Waals surface area contributed by atoms with Crippen molar-refractivity contribution in [1.82, 2.24) is 9.55 Å². The molecule has 1 aromatic heterocycles. The maximum absolute atomic E-state index is 12.2. The monoisotopic (exact) mass is 312 g/mol. The number of carboxylic acids is 1. The molecule has 0 aliphatic rings. The smallest absolute Gasteiger partial charge is 0.348 e. The highest BCUT2D eigenvalue weighted by Crippen LogP contribution is 2.21. The zero-order valence-electron chi connectivity index (χ0n) is 13.3. The number of carbonyl (C=O) groups is 1. The Morgan fingerprint density at radius 1 is 1.43 bits per heavy atom. The summed E-state index contributed by atoms with van der Waals surface area (Å²) in [6, 6.07) is 0.0967. The van der Waals surface area contributed by atoms with E-state index in [2.05, 4.69) is 4.98 Å². The van der Waals surface area contributed by atoms with Crippen LogP contribution >= 0.6 is 11.8 Å². The number of aryl methyl sites for hydroxylation is 1. The molecule has 0 bridgehead atoms. The number of aromatic nitrogens is 2. The molecule has 0 saturated carbocycles. The molecule has 118 valence electrons. The molecule has 0 radical (unpaired) electrons. The van der Waals surface area contributed by atoms with E-state index in [9.17, 15) is 9.59 Å². The molecule has 2 unspecified atom stereocenters. The van der Waals surface area contributed by atoms with Crippen LogP contribution in [0.1, 0.15) is 43.3 Å². The minimum absolute atomic E-state index is 0.0967. The predicted octanol–water partition coefficient (Wildman–Crippen LogP) is 2.44. The highest BCUT2D eigenvalue weighted by atomic mass is 32.2. The van der Waals surface area contributed by atoms with Gasteiger partial charge in [-0.05, 0) is 38.5 Å². The first kappa shape index (κ1) is 17.8. The summed E-state index contributed by atoms with van der Waals surface area (Å²) in [6.07, 6.45) is 3.26. The van der Waals surface area contributed by atoms with E-state index in [0.717, 1.165) is 23.4 Å². The SMILES string of the molecule is CCC(CSC)n1c(C)c(CC(C)C(=O)O)c(C)nc1=O.